The van der Waals surface area contributed by atoms with Crippen LogP contribution in [0, 0.1) is 0 Å². The Balaban J connectivity index is 2.45. The number of carboxylic acid groups (broad SMARTS) is 1. The van der Waals surface area contributed by atoms with E-state index in [-0.39, 0.29) is 6.42 Å². The maximum absolute atomic E-state index is 10.8. The van der Waals surface area contributed by atoms with Gasteiger partial charge in [-0.3, -0.25) is 4.79 Å². The van der Waals surface area contributed by atoms with Crippen LogP contribution in [0.1, 0.15) is 44.1 Å². The van der Waals surface area contributed by atoms with Crippen molar-refractivity contribution in [3.8, 4) is 0 Å². The SMILES string of the molecule is NC(=O)N/N=C(\CCCCCCC(=O)O)c1ccccc1. The third-order valence-corrected chi connectivity index (χ3v) is 2.96. The maximum Gasteiger partial charge on any atom is 0.332 e. The minimum absolute atomic E-state index is 0.211. The molecule has 0 spiro atoms. The molecule has 21 heavy (non-hydrogen) atoms. The summed E-state index contributed by atoms with van der Waals surface area (Å²) in [5.41, 5.74) is 9.00. The molecule has 1 aromatic carbocycles. The van der Waals surface area contributed by atoms with Crippen molar-refractivity contribution in [1.82, 2.24) is 5.43 Å². The number of benzene rings is 1. The van der Waals surface area contributed by atoms with E-state index in [0.29, 0.717) is 12.8 Å². The third kappa shape index (κ3) is 7.71. The fourth-order valence-electron chi connectivity index (χ4n) is 1.94. The van der Waals surface area contributed by atoms with Gasteiger partial charge in [0.05, 0.1) is 5.71 Å². The summed E-state index contributed by atoms with van der Waals surface area (Å²) in [6.07, 6.45) is 4.29. The molecule has 6 heteroatoms. The molecule has 0 aliphatic heterocycles. The molecule has 0 aliphatic rings. The molecule has 0 radical (unpaired) electrons. The number of nitrogens with zero attached hydrogens (tertiary/aromatic N) is 1. The summed E-state index contributed by atoms with van der Waals surface area (Å²) in [6, 6.07) is 8.88. The van der Waals surface area contributed by atoms with E-state index >= 15 is 0 Å². The van der Waals surface area contributed by atoms with Gasteiger partial charge in [0.1, 0.15) is 0 Å². The Bertz CT molecular complexity index is 486. The average molecular weight is 291 g/mol. The number of rotatable bonds is 9. The summed E-state index contributed by atoms with van der Waals surface area (Å²) in [7, 11) is 0. The quantitative estimate of drug-likeness (QED) is 0.370. The fraction of sp³-hybridized carbons (Fsp3) is 0.400. The number of hydrogen-bond acceptors (Lipinski definition) is 3. The lowest BCUT2D eigenvalue weighted by Crippen LogP contribution is -2.26. The van der Waals surface area contributed by atoms with Crippen LogP contribution < -0.4 is 11.2 Å². The van der Waals surface area contributed by atoms with Crippen LogP contribution in [0.3, 0.4) is 0 Å². The first-order valence-corrected chi connectivity index (χ1v) is 6.99. The van der Waals surface area contributed by atoms with E-state index in [1.807, 2.05) is 30.3 Å². The van der Waals surface area contributed by atoms with Crippen LogP contribution in [0.25, 0.3) is 0 Å². The Morgan fingerprint density at radius 2 is 1.67 bits per heavy atom. The molecule has 2 amide bonds. The number of nitrogens with one attached hydrogen (secondary N) is 1. The van der Waals surface area contributed by atoms with E-state index in [1.165, 1.54) is 0 Å². The van der Waals surface area contributed by atoms with Crippen molar-refractivity contribution in [3.63, 3.8) is 0 Å². The van der Waals surface area contributed by atoms with Crippen LogP contribution in [0.2, 0.25) is 0 Å². The smallest absolute Gasteiger partial charge is 0.332 e. The van der Waals surface area contributed by atoms with Gasteiger partial charge in [-0.25, -0.2) is 10.2 Å². The number of unbranched alkanes of at least 4 members (excludes halogenated alkanes) is 3. The monoisotopic (exact) mass is 291 g/mol. The fourth-order valence-corrected chi connectivity index (χ4v) is 1.94. The van der Waals surface area contributed by atoms with Crippen LogP contribution in [-0.2, 0) is 4.79 Å². The van der Waals surface area contributed by atoms with Gasteiger partial charge in [0, 0.05) is 6.42 Å². The molecule has 0 saturated carbocycles. The third-order valence-electron chi connectivity index (χ3n) is 2.96. The van der Waals surface area contributed by atoms with Crippen LogP contribution in [0.15, 0.2) is 35.4 Å². The standard InChI is InChI=1S/C15H21N3O3/c16-15(21)18-17-13(12-8-4-3-5-9-12)10-6-1-2-7-11-14(19)20/h3-5,8-9H,1-2,6-7,10-11H2,(H,19,20)(H3,16,18,21)/b17-13+. The first-order chi connectivity index (χ1) is 10.1. The minimum Gasteiger partial charge on any atom is -0.481 e. The van der Waals surface area contributed by atoms with Gasteiger partial charge in [-0.15, -0.1) is 0 Å². The summed E-state index contributed by atoms with van der Waals surface area (Å²) >= 11 is 0. The molecular weight excluding hydrogens is 270 g/mol. The molecule has 6 nitrogen and oxygen atoms in total. The summed E-state index contributed by atoms with van der Waals surface area (Å²) in [4.78, 5) is 21.2. The second kappa shape index (κ2) is 9.52. The predicted molar refractivity (Wildman–Crippen MR) is 81.0 cm³/mol. The van der Waals surface area contributed by atoms with Gasteiger partial charge in [0.2, 0.25) is 0 Å². The first-order valence-electron chi connectivity index (χ1n) is 6.99. The molecule has 0 fully saturated rings. The highest BCUT2D eigenvalue weighted by atomic mass is 16.4. The number of urea groups is 1. The van der Waals surface area contributed by atoms with Crippen LogP contribution in [0.5, 0.6) is 0 Å². The lowest BCUT2D eigenvalue weighted by Gasteiger charge is -2.07. The number of hydrogen-bond donors (Lipinski definition) is 3. The van der Waals surface area contributed by atoms with Crippen molar-refractivity contribution in [1.29, 1.82) is 0 Å². The van der Waals surface area contributed by atoms with E-state index in [4.69, 9.17) is 10.8 Å². The van der Waals surface area contributed by atoms with Crippen molar-refractivity contribution < 1.29 is 14.7 Å². The van der Waals surface area contributed by atoms with Crippen molar-refractivity contribution in [2.75, 3.05) is 0 Å². The van der Waals surface area contributed by atoms with E-state index in [9.17, 15) is 9.59 Å². The molecule has 0 aliphatic carbocycles. The van der Waals surface area contributed by atoms with Gasteiger partial charge in [0.25, 0.3) is 0 Å². The molecule has 0 bridgehead atoms. The van der Waals surface area contributed by atoms with Crippen LogP contribution in [0.4, 0.5) is 4.79 Å². The van der Waals surface area contributed by atoms with Crippen LogP contribution >= 0.6 is 0 Å². The number of hydrazone groups is 1. The first kappa shape index (κ1) is 16.7. The molecule has 0 heterocycles. The van der Waals surface area contributed by atoms with Gasteiger partial charge >= 0.3 is 12.0 Å². The zero-order valence-electron chi connectivity index (χ0n) is 11.9. The zero-order chi connectivity index (χ0) is 15.5. The lowest BCUT2D eigenvalue weighted by atomic mass is 10.0. The zero-order valence-corrected chi connectivity index (χ0v) is 11.9. The number of amides is 2. The van der Waals surface area contributed by atoms with E-state index in [1.54, 1.807) is 0 Å². The Morgan fingerprint density at radius 3 is 2.24 bits per heavy atom. The average Bonchev–Trinajstić information content (AvgIpc) is 2.46. The van der Waals surface area contributed by atoms with E-state index in [2.05, 4.69) is 10.5 Å². The number of carbonyl (C=O) groups is 2. The number of aliphatic carboxylic acids is 1. The molecule has 1 aromatic rings. The molecule has 0 saturated heterocycles. The van der Waals surface area contributed by atoms with E-state index < -0.39 is 12.0 Å². The summed E-state index contributed by atoms with van der Waals surface area (Å²) < 4.78 is 0. The number of nitrogens with two attached hydrogens (primary N) is 1. The number of primary amides is 1. The Hall–Kier alpha value is -2.37. The minimum atomic E-state index is -0.757. The second-order valence-electron chi connectivity index (χ2n) is 4.71. The summed E-state index contributed by atoms with van der Waals surface area (Å²) in [6.45, 7) is 0. The molecule has 0 aromatic heterocycles. The van der Waals surface area contributed by atoms with E-state index in [0.717, 1.165) is 30.5 Å². The highest BCUT2D eigenvalue weighted by molar-refractivity contribution is 6.00. The van der Waals surface area contributed by atoms with Crippen molar-refractivity contribution in [3.05, 3.63) is 35.9 Å². The van der Waals surface area contributed by atoms with Crippen molar-refractivity contribution in [2.24, 2.45) is 10.8 Å². The largest absolute Gasteiger partial charge is 0.481 e. The molecule has 4 N–H and O–H groups in total. The lowest BCUT2D eigenvalue weighted by molar-refractivity contribution is -0.137. The highest BCUT2D eigenvalue weighted by Crippen LogP contribution is 2.11. The highest BCUT2D eigenvalue weighted by Gasteiger charge is 2.04. The van der Waals surface area contributed by atoms with Gasteiger partial charge in [-0.2, -0.15) is 5.10 Å². The van der Waals surface area contributed by atoms with Gasteiger partial charge in [0.15, 0.2) is 0 Å². The second-order valence-corrected chi connectivity index (χ2v) is 4.71. The molecule has 0 unspecified atom stereocenters. The summed E-state index contributed by atoms with van der Waals surface area (Å²) in [5, 5.41) is 12.6. The predicted octanol–water partition coefficient (Wildman–Crippen LogP) is 2.48. The van der Waals surface area contributed by atoms with Gasteiger partial charge in [-0.05, 0) is 24.8 Å². The molecule has 0 atom stereocenters. The Morgan fingerprint density at radius 1 is 1.05 bits per heavy atom. The number of carboxylic acids is 1. The molecule has 114 valence electrons. The Labute approximate surface area is 124 Å². The maximum atomic E-state index is 10.8. The number of carbonyl (C=O) groups excluding carboxylic acids is 1. The van der Waals surface area contributed by atoms with Gasteiger partial charge in [-0.1, -0.05) is 43.2 Å². The van der Waals surface area contributed by atoms with Crippen molar-refractivity contribution >= 4 is 17.7 Å². The van der Waals surface area contributed by atoms with Crippen LogP contribution in [-0.4, -0.2) is 22.8 Å². The Kier molecular flexibility index (Phi) is 7.56. The normalized spacial score (nSPS) is 11.1. The topological polar surface area (TPSA) is 105 Å². The summed E-state index contributed by atoms with van der Waals surface area (Å²) in [5.74, 6) is -0.757. The molecular formula is C15H21N3O3. The molecule has 1 rings (SSSR count). The van der Waals surface area contributed by atoms with Gasteiger partial charge < -0.3 is 10.8 Å². The van der Waals surface area contributed by atoms with Crippen molar-refractivity contribution in [2.45, 2.75) is 38.5 Å².